The van der Waals surface area contributed by atoms with Crippen molar-refractivity contribution < 1.29 is 19.1 Å². The summed E-state index contributed by atoms with van der Waals surface area (Å²) < 4.78 is 10.4. The lowest BCUT2D eigenvalue weighted by atomic mass is 9.68. The van der Waals surface area contributed by atoms with Crippen LogP contribution in [0.3, 0.4) is 0 Å². The van der Waals surface area contributed by atoms with Crippen LogP contribution in [-0.2, 0) is 19.1 Å². The van der Waals surface area contributed by atoms with E-state index in [0.717, 1.165) is 37.5 Å². The lowest BCUT2D eigenvalue weighted by molar-refractivity contribution is -0.154. The second-order valence-electron chi connectivity index (χ2n) is 9.08. The first kappa shape index (κ1) is 19.2. The number of carbonyl (C=O) groups excluding carboxylic acids is 2. The summed E-state index contributed by atoms with van der Waals surface area (Å²) in [7, 11) is 1.43. The van der Waals surface area contributed by atoms with E-state index in [1.807, 2.05) is 0 Å². The van der Waals surface area contributed by atoms with Gasteiger partial charge in [-0.1, -0.05) is 25.7 Å². The molecule has 0 aromatic heterocycles. The van der Waals surface area contributed by atoms with E-state index in [-0.39, 0.29) is 29.9 Å². The summed E-state index contributed by atoms with van der Waals surface area (Å²) in [6, 6.07) is 1.06. The third-order valence-electron chi connectivity index (χ3n) is 7.48. The second-order valence-corrected chi connectivity index (χ2v) is 9.08. The van der Waals surface area contributed by atoms with Gasteiger partial charge in [-0.2, -0.15) is 0 Å². The van der Waals surface area contributed by atoms with E-state index in [0.29, 0.717) is 18.7 Å². The molecule has 4 rings (SSSR count). The van der Waals surface area contributed by atoms with Crippen LogP contribution in [0.4, 0.5) is 0 Å². The van der Waals surface area contributed by atoms with Crippen molar-refractivity contribution in [3.63, 3.8) is 0 Å². The first-order valence-electron chi connectivity index (χ1n) is 10.9. The average Bonchev–Trinajstić information content (AvgIpc) is 3.11. The van der Waals surface area contributed by atoms with Crippen LogP contribution in [0, 0.1) is 23.7 Å². The molecule has 4 aliphatic rings. The van der Waals surface area contributed by atoms with Gasteiger partial charge < -0.3 is 9.47 Å². The molecule has 6 nitrogen and oxygen atoms in total. The maximum absolute atomic E-state index is 12.4. The Morgan fingerprint density at radius 3 is 1.85 bits per heavy atom. The fourth-order valence-electron chi connectivity index (χ4n) is 5.93. The van der Waals surface area contributed by atoms with E-state index in [9.17, 15) is 9.59 Å². The van der Waals surface area contributed by atoms with Crippen LogP contribution in [0.25, 0.3) is 0 Å². The Balaban J connectivity index is 1.20. The van der Waals surface area contributed by atoms with Crippen LogP contribution < -0.4 is 10.6 Å². The van der Waals surface area contributed by atoms with Crippen LogP contribution >= 0.6 is 0 Å². The summed E-state index contributed by atoms with van der Waals surface area (Å²) in [6.07, 6.45) is 11.1. The summed E-state index contributed by atoms with van der Waals surface area (Å²) in [5.74, 6) is 1.40. The van der Waals surface area contributed by atoms with Crippen LogP contribution in [0.15, 0.2) is 0 Å². The number of nitrogens with one attached hydrogen (secondary N) is 2. The van der Waals surface area contributed by atoms with Crippen molar-refractivity contribution in [2.75, 3.05) is 13.7 Å². The summed E-state index contributed by atoms with van der Waals surface area (Å²) in [4.78, 5) is 24.0. The highest BCUT2D eigenvalue weighted by Crippen LogP contribution is 2.41. The van der Waals surface area contributed by atoms with Gasteiger partial charge in [-0.3, -0.25) is 20.2 Å². The highest BCUT2D eigenvalue weighted by molar-refractivity contribution is 5.75. The zero-order valence-corrected chi connectivity index (χ0v) is 16.5. The molecule has 1 saturated heterocycles. The van der Waals surface area contributed by atoms with E-state index in [2.05, 4.69) is 10.6 Å². The quantitative estimate of drug-likeness (QED) is 0.732. The highest BCUT2D eigenvalue weighted by Gasteiger charge is 2.43. The molecular weight excluding hydrogens is 344 g/mol. The maximum atomic E-state index is 12.4. The van der Waals surface area contributed by atoms with Gasteiger partial charge in [0.1, 0.15) is 6.61 Å². The number of fused-ring (bicyclic) bond motifs is 2. The van der Waals surface area contributed by atoms with Gasteiger partial charge in [0.15, 0.2) is 0 Å². The van der Waals surface area contributed by atoms with E-state index in [1.54, 1.807) is 0 Å². The Kier molecular flexibility index (Phi) is 6.02. The van der Waals surface area contributed by atoms with Crippen molar-refractivity contribution >= 4 is 11.9 Å². The van der Waals surface area contributed by atoms with Gasteiger partial charge in [-0.05, 0) is 50.4 Å². The first-order chi connectivity index (χ1) is 13.1. The molecule has 1 aliphatic heterocycles. The summed E-state index contributed by atoms with van der Waals surface area (Å²) in [5.41, 5.74) is 0. The minimum Gasteiger partial charge on any atom is -0.469 e. The normalized spacial score (nSPS) is 41.3. The van der Waals surface area contributed by atoms with Crippen LogP contribution in [-0.4, -0.2) is 43.9 Å². The van der Waals surface area contributed by atoms with Gasteiger partial charge in [0.25, 0.3) is 0 Å². The van der Waals surface area contributed by atoms with Gasteiger partial charge in [0.2, 0.25) is 0 Å². The molecular formula is C21H34N2O4. The van der Waals surface area contributed by atoms with Crippen LogP contribution in [0.2, 0.25) is 0 Å². The molecule has 4 atom stereocenters. The molecule has 6 heteroatoms. The molecule has 0 bridgehead atoms. The van der Waals surface area contributed by atoms with E-state index in [4.69, 9.17) is 9.47 Å². The predicted octanol–water partition coefficient (Wildman–Crippen LogP) is 2.37. The van der Waals surface area contributed by atoms with Crippen molar-refractivity contribution in [3.05, 3.63) is 0 Å². The number of ether oxygens (including phenoxy) is 2. The van der Waals surface area contributed by atoms with Gasteiger partial charge in [0.05, 0.1) is 25.1 Å². The van der Waals surface area contributed by atoms with Crippen LogP contribution in [0.1, 0.15) is 64.2 Å². The SMILES string of the molecule is COC(=O)C1CCC(C(=O)OCC2NC3CC4CCCCC4CC3N2)CC1. The molecule has 4 unspecified atom stereocenters. The molecule has 0 aromatic rings. The number of esters is 2. The molecule has 0 radical (unpaired) electrons. The van der Waals surface area contributed by atoms with Crippen molar-refractivity contribution in [1.29, 1.82) is 0 Å². The molecule has 27 heavy (non-hydrogen) atoms. The second kappa shape index (κ2) is 8.48. The molecule has 3 aliphatic carbocycles. The third kappa shape index (κ3) is 4.32. The zero-order valence-electron chi connectivity index (χ0n) is 16.5. The van der Waals surface area contributed by atoms with E-state index in [1.165, 1.54) is 45.6 Å². The lowest BCUT2D eigenvalue weighted by Crippen LogP contribution is -2.44. The summed E-state index contributed by atoms with van der Waals surface area (Å²) in [6.45, 7) is 0.401. The third-order valence-corrected chi connectivity index (χ3v) is 7.48. The molecule has 0 spiro atoms. The first-order valence-corrected chi connectivity index (χ1v) is 10.9. The zero-order chi connectivity index (χ0) is 18.8. The summed E-state index contributed by atoms with van der Waals surface area (Å²) in [5, 5.41) is 7.33. The Hall–Kier alpha value is -1.14. The van der Waals surface area contributed by atoms with Crippen molar-refractivity contribution in [1.82, 2.24) is 10.6 Å². The van der Waals surface area contributed by atoms with Crippen molar-refractivity contribution in [2.45, 2.75) is 82.5 Å². The molecule has 0 amide bonds. The summed E-state index contributed by atoms with van der Waals surface area (Å²) >= 11 is 0. The number of hydrogen-bond donors (Lipinski definition) is 2. The smallest absolute Gasteiger partial charge is 0.309 e. The molecule has 4 fully saturated rings. The Labute approximate surface area is 162 Å². The van der Waals surface area contributed by atoms with Gasteiger partial charge >= 0.3 is 11.9 Å². The van der Waals surface area contributed by atoms with E-state index < -0.39 is 0 Å². The van der Waals surface area contributed by atoms with Crippen LogP contribution in [0.5, 0.6) is 0 Å². The monoisotopic (exact) mass is 378 g/mol. The molecule has 2 N–H and O–H groups in total. The minimum atomic E-state index is -0.149. The minimum absolute atomic E-state index is 0.0520. The van der Waals surface area contributed by atoms with E-state index >= 15 is 0 Å². The van der Waals surface area contributed by atoms with Gasteiger partial charge in [-0.15, -0.1) is 0 Å². The number of rotatable bonds is 4. The maximum Gasteiger partial charge on any atom is 0.309 e. The molecule has 0 aromatic carbocycles. The predicted molar refractivity (Wildman–Crippen MR) is 101 cm³/mol. The Morgan fingerprint density at radius 2 is 1.33 bits per heavy atom. The number of hydrogen-bond acceptors (Lipinski definition) is 6. The average molecular weight is 379 g/mol. The van der Waals surface area contributed by atoms with Crippen molar-refractivity contribution in [3.8, 4) is 0 Å². The van der Waals surface area contributed by atoms with Gasteiger partial charge in [-0.25, -0.2) is 0 Å². The largest absolute Gasteiger partial charge is 0.469 e. The fraction of sp³-hybridized carbons (Fsp3) is 0.905. The topological polar surface area (TPSA) is 76.7 Å². The number of methoxy groups -OCH3 is 1. The fourth-order valence-corrected chi connectivity index (χ4v) is 5.93. The molecule has 1 heterocycles. The number of carbonyl (C=O) groups is 2. The molecule has 152 valence electrons. The molecule has 3 saturated carbocycles. The Bertz CT molecular complexity index is 524. The lowest BCUT2D eigenvalue weighted by Gasteiger charge is -2.41. The Morgan fingerprint density at radius 1 is 0.815 bits per heavy atom. The van der Waals surface area contributed by atoms with Crippen molar-refractivity contribution in [2.24, 2.45) is 23.7 Å². The standard InChI is InChI=1S/C21H34N2O4/c1-26-20(24)13-6-8-14(9-7-13)21(25)27-12-19-22-17-10-15-4-2-3-5-16(15)11-18(17)23-19/h13-19,22-23H,2-12H2,1H3. The highest BCUT2D eigenvalue weighted by atomic mass is 16.5. The van der Waals surface area contributed by atoms with Gasteiger partial charge in [0, 0.05) is 12.1 Å².